The number of carbonyl (C=O) groups excluding carboxylic acids is 2. The Morgan fingerprint density at radius 3 is 2.12 bits per heavy atom. The molecule has 1 aliphatic heterocycles. The number of ether oxygens (including phenoxy) is 1. The second-order valence-corrected chi connectivity index (χ2v) is 8.31. The Kier molecular flexibility index (Phi) is 6.59. The van der Waals surface area contributed by atoms with E-state index in [-0.39, 0.29) is 17.5 Å². The molecule has 4 rings (SSSR count). The highest BCUT2D eigenvalue weighted by Gasteiger charge is 2.40. The van der Waals surface area contributed by atoms with Gasteiger partial charge in [-0.25, -0.2) is 4.90 Å². The molecule has 0 fully saturated rings. The minimum Gasteiger partial charge on any atom is -0.494 e. The van der Waals surface area contributed by atoms with Gasteiger partial charge in [0.05, 0.1) is 17.9 Å². The number of amides is 2. The van der Waals surface area contributed by atoms with Crippen molar-refractivity contribution in [1.82, 2.24) is 0 Å². The minimum absolute atomic E-state index is 0.267. The SMILES string of the molecule is CCCOc1ccc(C2=C(Nc3ccc(C(C)C)cc3)C(=O)N(c3ccccc3)C2=O)cc1. The van der Waals surface area contributed by atoms with E-state index in [0.29, 0.717) is 29.3 Å². The van der Waals surface area contributed by atoms with Gasteiger partial charge in [-0.3, -0.25) is 9.59 Å². The number of hydrogen-bond acceptors (Lipinski definition) is 4. The number of rotatable bonds is 8. The summed E-state index contributed by atoms with van der Waals surface area (Å²) in [7, 11) is 0. The number of para-hydroxylation sites is 1. The molecule has 5 nitrogen and oxygen atoms in total. The van der Waals surface area contributed by atoms with E-state index in [1.807, 2.05) is 73.7 Å². The van der Waals surface area contributed by atoms with E-state index >= 15 is 0 Å². The van der Waals surface area contributed by atoms with Crippen molar-refractivity contribution in [2.75, 3.05) is 16.8 Å². The zero-order valence-corrected chi connectivity index (χ0v) is 19.2. The largest absolute Gasteiger partial charge is 0.494 e. The van der Waals surface area contributed by atoms with Crippen LogP contribution in [-0.2, 0) is 9.59 Å². The van der Waals surface area contributed by atoms with Gasteiger partial charge in [-0.15, -0.1) is 0 Å². The Morgan fingerprint density at radius 1 is 0.848 bits per heavy atom. The lowest BCUT2D eigenvalue weighted by Gasteiger charge is -2.15. The van der Waals surface area contributed by atoms with Crippen molar-refractivity contribution in [2.24, 2.45) is 0 Å². The van der Waals surface area contributed by atoms with Crippen molar-refractivity contribution < 1.29 is 14.3 Å². The molecule has 1 aliphatic rings. The fourth-order valence-corrected chi connectivity index (χ4v) is 3.76. The van der Waals surface area contributed by atoms with E-state index < -0.39 is 0 Å². The second kappa shape index (κ2) is 9.74. The average Bonchev–Trinajstić information content (AvgIpc) is 3.08. The second-order valence-electron chi connectivity index (χ2n) is 8.31. The van der Waals surface area contributed by atoms with Gasteiger partial charge in [0.25, 0.3) is 11.8 Å². The van der Waals surface area contributed by atoms with Gasteiger partial charge in [-0.1, -0.05) is 63.2 Å². The fourth-order valence-electron chi connectivity index (χ4n) is 3.76. The van der Waals surface area contributed by atoms with Crippen molar-refractivity contribution in [3.63, 3.8) is 0 Å². The number of anilines is 2. The average molecular weight is 441 g/mol. The maximum absolute atomic E-state index is 13.5. The lowest BCUT2D eigenvalue weighted by atomic mass is 10.0. The molecule has 3 aromatic rings. The number of nitrogens with one attached hydrogen (secondary N) is 1. The summed E-state index contributed by atoms with van der Waals surface area (Å²) in [5, 5.41) is 3.22. The van der Waals surface area contributed by atoms with Crippen molar-refractivity contribution in [1.29, 1.82) is 0 Å². The lowest BCUT2D eigenvalue weighted by Crippen LogP contribution is -2.32. The van der Waals surface area contributed by atoms with Gasteiger partial charge in [0.2, 0.25) is 0 Å². The molecule has 33 heavy (non-hydrogen) atoms. The molecule has 0 saturated heterocycles. The first kappa shape index (κ1) is 22.3. The number of benzene rings is 3. The van der Waals surface area contributed by atoms with Crippen LogP contribution in [0.3, 0.4) is 0 Å². The predicted molar refractivity (Wildman–Crippen MR) is 132 cm³/mol. The number of nitrogens with zero attached hydrogens (tertiary/aromatic N) is 1. The van der Waals surface area contributed by atoms with Crippen LogP contribution in [0.15, 0.2) is 84.6 Å². The number of carbonyl (C=O) groups is 2. The maximum Gasteiger partial charge on any atom is 0.282 e. The molecule has 168 valence electrons. The lowest BCUT2D eigenvalue weighted by molar-refractivity contribution is -0.120. The number of hydrogen-bond donors (Lipinski definition) is 1. The van der Waals surface area contributed by atoms with Gasteiger partial charge < -0.3 is 10.1 Å². The van der Waals surface area contributed by atoms with E-state index in [1.54, 1.807) is 12.1 Å². The quantitative estimate of drug-likeness (QED) is 0.437. The van der Waals surface area contributed by atoms with Gasteiger partial charge in [-0.2, -0.15) is 0 Å². The third-order valence-corrected chi connectivity index (χ3v) is 5.56. The zero-order valence-electron chi connectivity index (χ0n) is 19.2. The van der Waals surface area contributed by atoms with Crippen molar-refractivity contribution in [3.8, 4) is 5.75 Å². The van der Waals surface area contributed by atoms with Crippen molar-refractivity contribution in [2.45, 2.75) is 33.1 Å². The first-order valence-electron chi connectivity index (χ1n) is 11.3. The van der Waals surface area contributed by atoms with Crippen LogP contribution in [0, 0.1) is 0 Å². The maximum atomic E-state index is 13.5. The Hall–Kier alpha value is -3.86. The molecule has 5 heteroatoms. The normalized spacial score (nSPS) is 13.8. The van der Waals surface area contributed by atoms with Crippen molar-refractivity contribution >= 4 is 28.8 Å². The Bertz CT molecular complexity index is 1160. The summed E-state index contributed by atoms with van der Waals surface area (Å²) >= 11 is 0. The highest BCUT2D eigenvalue weighted by Crippen LogP contribution is 2.34. The summed E-state index contributed by atoms with van der Waals surface area (Å²) in [5.41, 5.74) is 3.78. The first-order chi connectivity index (χ1) is 16.0. The van der Waals surface area contributed by atoms with Gasteiger partial charge in [0, 0.05) is 5.69 Å². The highest BCUT2D eigenvalue weighted by atomic mass is 16.5. The van der Waals surface area contributed by atoms with Gasteiger partial charge in [0.1, 0.15) is 11.4 Å². The molecule has 0 aromatic heterocycles. The monoisotopic (exact) mass is 440 g/mol. The molecule has 2 amide bonds. The first-order valence-corrected chi connectivity index (χ1v) is 11.3. The molecule has 0 saturated carbocycles. The van der Waals surface area contributed by atoms with Crippen LogP contribution in [0.4, 0.5) is 11.4 Å². The summed E-state index contributed by atoms with van der Waals surface area (Å²) in [5.74, 6) is 0.414. The van der Waals surface area contributed by atoms with Crippen LogP contribution < -0.4 is 15.0 Å². The van der Waals surface area contributed by atoms with Gasteiger partial charge >= 0.3 is 0 Å². The molecule has 1 heterocycles. The van der Waals surface area contributed by atoms with E-state index in [2.05, 4.69) is 19.2 Å². The van der Waals surface area contributed by atoms with Crippen LogP contribution in [0.1, 0.15) is 44.2 Å². The Balaban J connectivity index is 1.73. The fraction of sp³-hybridized carbons (Fsp3) is 0.214. The summed E-state index contributed by atoms with van der Waals surface area (Å²) in [6.45, 7) is 6.94. The third-order valence-electron chi connectivity index (χ3n) is 5.56. The van der Waals surface area contributed by atoms with Crippen LogP contribution in [0.2, 0.25) is 0 Å². The molecule has 3 aromatic carbocycles. The molecule has 0 bridgehead atoms. The Labute approximate surface area is 194 Å². The topological polar surface area (TPSA) is 58.6 Å². The summed E-state index contributed by atoms with van der Waals surface area (Å²) < 4.78 is 5.67. The molecule has 0 aliphatic carbocycles. The van der Waals surface area contributed by atoms with E-state index in [1.165, 1.54) is 10.5 Å². The number of imide groups is 1. The smallest absolute Gasteiger partial charge is 0.282 e. The van der Waals surface area contributed by atoms with Crippen LogP contribution >= 0.6 is 0 Å². The molecule has 0 unspecified atom stereocenters. The van der Waals surface area contributed by atoms with Crippen LogP contribution in [0.5, 0.6) is 5.75 Å². The summed E-state index contributed by atoms with van der Waals surface area (Å²) in [6, 6.07) is 24.2. The molecular weight excluding hydrogens is 412 g/mol. The van der Waals surface area contributed by atoms with Crippen LogP contribution in [-0.4, -0.2) is 18.4 Å². The minimum atomic E-state index is -0.375. The standard InChI is InChI=1S/C28H28N2O3/c1-4-18-33-24-16-12-21(13-17-24)25-26(29-22-14-10-20(11-15-22)19(2)3)28(32)30(27(25)31)23-8-6-5-7-9-23/h5-17,19,29H,4,18H2,1-3H3. The molecule has 0 spiro atoms. The highest BCUT2D eigenvalue weighted by molar-refractivity contribution is 6.46. The van der Waals surface area contributed by atoms with E-state index in [0.717, 1.165) is 17.9 Å². The van der Waals surface area contributed by atoms with Crippen LogP contribution in [0.25, 0.3) is 5.57 Å². The molecule has 0 atom stereocenters. The van der Waals surface area contributed by atoms with E-state index in [9.17, 15) is 9.59 Å². The van der Waals surface area contributed by atoms with Crippen molar-refractivity contribution in [3.05, 3.63) is 95.7 Å². The third kappa shape index (κ3) is 4.67. The predicted octanol–water partition coefficient (Wildman–Crippen LogP) is 6.00. The summed E-state index contributed by atoms with van der Waals surface area (Å²) in [6.07, 6.45) is 0.912. The van der Waals surface area contributed by atoms with Gasteiger partial charge in [0.15, 0.2) is 0 Å². The summed E-state index contributed by atoms with van der Waals surface area (Å²) in [4.78, 5) is 28.2. The Morgan fingerprint density at radius 2 is 1.52 bits per heavy atom. The molecule has 0 radical (unpaired) electrons. The molecule has 1 N–H and O–H groups in total. The molecular formula is C28H28N2O3. The van der Waals surface area contributed by atoms with Gasteiger partial charge in [-0.05, 0) is 59.9 Å². The zero-order chi connectivity index (χ0) is 23.4. The van der Waals surface area contributed by atoms with E-state index in [4.69, 9.17) is 4.74 Å².